The highest BCUT2D eigenvalue weighted by Gasteiger charge is 2.22. The van der Waals surface area contributed by atoms with Gasteiger partial charge in [-0.15, -0.1) is 0 Å². The first-order valence-corrected chi connectivity index (χ1v) is 6.65. The highest BCUT2D eigenvalue weighted by atomic mass is 32.2. The first kappa shape index (κ1) is 12.3. The van der Waals surface area contributed by atoms with Crippen LogP contribution in [0.2, 0.25) is 0 Å². The molecule has 0 radical (unpaired) electrons. The average Bonchev–Trinajstić information content (AvgIpc) is 2.18. The van der Waals surface area contributed by atoms with Crippen molar-refractivity contribution in [1.29, 1.82) is 0 Å². The largest absolute Gasteiger partial charge is 0.385 e. The minimum absolute atomic E-state index is 0.584. The van der Waals surface area contributed by atoms with Crippen LogP contribution in [0.1, 0.15) is 33.1 Å². The Kier molecular flexibility index (Phi) is 5.90. The minimum atomic E-state index is 0.584. The van der Waals surface area contributed by atoms with Crippen LogP contribution in [0.5, 0.6) is 0 Å². The summed E-state index contributed by atoms with van der Waals surface area (Å²) in [6, 6.07) is 1.29. The van der Waals surface area contributed by atoms with E-state index >= 15 is 0 Å². The van der Waals surface area contributed by atoms with Gasteiger partial charge in [-0.2, -0.15) is 11.8 Å². The van der Waals surface area contributed by atoms with Gasteiger partial charge in [0.25, 0.3) is 0 Å². The molecule has 0 amide bonds. The number of ether oxygens (including phenoxy) is 1. The summed E-state index contributed by atoms with van der Waals surface area (Å²) in [5.74, 6) is 1.34. The topological polar surface area (TPSA) is 21.3 Å². The maximum Gasteiger partial charge on any atom is 0.0476 e. The zero-order valence-corrected chi connectivity index (χ0v) is 10.4. The number of thioether (sulfide) groups is 1. The van der Waals surface area contributed by atoms with Gasteiger partial charge in [0.1, 0.15) is 0 Å². The molecule has 1 aliphatic heterocycles. The molecule has 3 atom stereocenters. The van der Waals surface area contributed by atoms with Crippen molar-refractivity contribution in [2.24, 2.45) is 0 Å². The molecule has 3 heteroatoms. The molecule has 1 N–H and O–H groups in total. The Balaban J connectivity index is 2.20. The van der Waals surface area contributed by atoms with Crippen LogP contribution in [0, 0.1) is 0 Å². The number of hydrogen-bond donors (Lipinski definition) is 1. The standard InChI is InChI=1S/C11H23NOS/c1-9(6-7-13-3)12-11-5-4-8-14-10(11)2/h9-12H,4-8H2,1-3H3. The Morgan fingerprint density at radius 2 is 2.36 bits per heavy atom. The quantitative estimate of drug-likeness (QED) is 0.763. The predicted octanol–water partition coefficient (Wildman–Crippen LogP) is 2.29. The first-order chi connectivity index (χ1) is 6.74. The fraction of sp³-hybridized carbons (Fsp3) is 1.00. The highest BCUT2D eigenvalue weighted by molar-refractivity contribution is 7.99. The lowest BCUT2D eigenvalue weighted by Crippen LogP contribution is -2.44. The molecule has 0 aromatic rings. The second-order valence-corrected chi connectivity index (χ2v) is 5.66. The summed E-state index contributed by atoms with van der Waals surface area (Å²) < 4.78 is 5.08. The van der Waals surface area contributed by atoms with Crippen LogP contribution in [0.25, 0.3) is 0 Å². The molecule has 1 saturated heterocycles. The normalized spacial score (nSPS) is 30.2. The van der Waals surface area contributed by atoms with Gasteiger partial charge < -0.3 is 10.1 Å². The van der Waals surface area contributed by atoms with Crippen molar-refractivity contribution < 1.29 is 4.74 Å². The smallest absolute Gasteiger partial charge is 0.0476 e. The summed E-state index contributed by atoms with van der Waals surface area (Å²) >= 11 is 2.10. The SMILES string of the molecule is COCCC(C)NC1CCCSC1C. The van der Waals surface area contributed by atoms with Crippen molar-refractivity contribution in [2.75, 3.05) is 19.5 Å². The molecule has 14 heavy (non-hydrogen) atoms. The van der Waals surface area contributed by atoms with E-state index in [1.165, 1.54) is 18.6 Å². The van der Waals surface area contributed by atoms with Crippen LogP contribution in [0.3, 0.4) is 0 Å². The number of methoxy groups -OCH3 is 1. The summed E-state index contributed by atoms with van der Waals surface area (Å²) in [6.45, 7) is 5.46. The molecule has 1 aliphatic rings. The van der Waals surface area contributed by atoms with E-state index in [4.69, 9.17) is 4.74 Å². The lowest BCUT2D eigenvalue weighted by molar-refractivity contribution is 0.182. The van der Waals surface area contributed by atoms with Crippen molar-refractivity contribution in [3.63, 3.8) is 0 Å². The van der Waals surface area contributed by atoms with Gasteiger partial charge in [-0.1, -0.05) is 6.92 Å². The molecule has 1 rings (SSSR count). The van der Waals surface area contributed by atoms with Gasteiger partial charge in [0.2, 0.25) is 0 Å². The molecule has 3 unspecified atom stereocenters. The van der Waals surface area contributed by atoms with E-state index in [9.17, 15) is 0 Å². The van der Waals surface area contributed by atoms with Crippen LogP contribution in [-0.2, 0) is 4.74 Å². The van der Waals surface area contributed by atoms with Gasteiger partial charge in [0, 0.05) is 31.1 Å². The van der Waals surface area contributed by atoms with E-state index < -0.39 is 0 Å². The first-order valence-electron chi connectivity index (χ1n) is 5.60. The van der Waals surface area contributed by atoms with Gasteiger partial charge in [0.05, 0.1) is 0 Å². The second kappa shape index (κ2) is 6.70. The third kappa shape index (κ3) is 4.20. The molecule has 0 spiro atoms. The summed E-state index contributed by atoms with van der Waals surface area (Å²) in [6.07, 6.45) is 3.82. The zero-order chi connectivity index (χ0) is 10.4. The Hall–Kier alpha value is 0.270. The van der Waals surface area contributed by atoms with E-state index in [0.29, 0.717) is 12.1 Å². The Labute approximate surface area is 92.2 Å². The van der Waals surface area contributed by atoms with Crippen LogP contribution in [0.15, 0.2) is 0 Å². The molecule has 0 aromatic heterocycles. The van der Waals surface area contributed by atoms with Gasteiger partial charge >= 0.3 is 0 Å². The van der Waals surface area contributed by atoms with Crippen LogP contribution in [0.4, 0.5) is 0 Å². The van der Waals surface area contributed by atoms with E-state index in [1.807, 2.05) is 0 Å². The van der Waals surface area contributed by atoms with Crippen LogP contribution >= 0.6 is 11.8 Å². The lowest BCUT2D eigenvalue weighted by Gasteiger charge is -2.31. The van der Waals surface area contributed by atoms with Gasteiger partial charge in [0.15, 0.2) is 0 Å². The van der Waals surface area contributed by atoms with Crippen molar-refractivity contribution in [1.82, 2.24) is 5.32 Å². The van der Waals surface area contributed by atoms with Crippen LogP contribution in [-0.4, -0.2) is 36.8 Å². The molecule has 0 bridgehead atoms. The van der Waals surface area contributed by atoms with Gasteiger partial charge in [-0.05, 0) is 31.9 Å². The van der Waals surface area contributed by atoms with E-state index in [1.54, 1.807) is 7.11 Å². The second-order valence-electron chi connectivity index (χ2n) is 4.17. The maximum absolute atomic E-state index is 5.08. The van der Waals surface area contributed by atoms with Crippen LogP contribution < -0.4 is 5.32 Å². The fourth-order valence-corrected chi connectivity index (χ4v) is 3.04. The van der Waals surface area contributed by atoms with Gasteiger partial charge in [-0.25, -0.2) is 0 Å². The van der Waals surface area contributed by atoms with Gasteiger partial charge in [-0.3, -0.25) is 0 Å². The average molecular weight is 217 g/mol. The van der Waals surface area contributed by atoms with Crippen molar-refractivity contribution in [3.8, 4) is 0 Å². The predicted molar refractivity (Wildman–Crippen MR) is 64.0 cm³/mol. The molecular formula is C11H23NOS. The maximum atomic E-state index is 5.08. The van der Waals surface area contributed by atoms with Crippen molar-refractivity contribution in [2.45, 2.75) is 50.4 Å². The molecule has 1 fully saturated rings. The molecule has 84 valence electrons. The highest BCUT2D eigenvalue weighted by Crippen LogP contribution is 2.25. The molecule has 0 aliphatic carbocycles. The van der Waals surface area contributed by atoms with Crippen molar-refractivity contribution in [3.05, 3.63) is 0 Å². The Morgan fingerprint density at radius 1 is 1.57 bits per heavy atom. The molecule has 0 aromatic carbocycles. The van der Waals surface area contributed by atoms with E-state index in [2.05, 4.69) is 30.9 Å². The summed E-state index contributed by atoms with van der Waals surface area (Å²) in [5, 5.41) is 4.47. The van der Waals surface area contributed by atoms with E-state index in [0.717, 1.165) is 18.3 Å². The molecule has 1 heterocycles. The Morgan fingerprint density at radius 3 is 3.00 bits per heavy atom. The third-order valence-corrected chi connectivity index (χ3v) is 4.24. The minimum Gasteiger partial charge on any atom is -0.385 e. The molecule has 0 saturated carbocycles. The molecular weight excluding hydrogens is 194 g/mol. The summed E-state index contributed by atoms with van der Waals surface area (Å²) in [5.41, 5.74) is 0. The third-order valence-electron chi connectivity index (χ3n) is 2.86. The monoisotopic (exact) mass is 217 g/mol. The number of hydrogen-bond acceptors (Lipinski definition) is 3. The van der Waals surface area contributed by atoms with Crippen molar-refractivity contribution >= 4 is 11.8 Å². The zero-order valence-electron chi connectivity index (χ0n) is 9.58. The molecule has 2 nitrogen and oxygen atoms in total. The summed E-state index contributed by atoms with van der Waals surface area (Å²) in [4.78, 5) is 0. The Bertz CT molecular complexity index is 154. The number of nitrogens with one attached hydrogen (secondary N) is 1. The van der Waals surface area contributed by atoms with E-state index in [-0.39, 0.29) is 0 Å². The number of rotatable bonds is 5. The fourth-order valence-electron chi connectivity index (χ4n) is 1.89. The lowest BCUT2D eigenvalue weighted by atomic mass is 10.1. The summed E-state index contributed by atoms with van der Waals surface area (Å²) in [7, 11) is 1.77.